The van der Waals surface area contributed by atoms with Gasteiger partial charge in [0.2, 0.25) is 5.91 Å². The zero-order valence-corrected chi connectivity index (χ0v) is 23.2. The van der Waals surface area contributed by atoms with Gasteiger partial charge in [-0.05, 0) is 61.4 Å². The van der Waals surface area contributed by atoms with Crippen LogP contribution in [-0.4, -0.2) is 72.9 Å². The summed E-state index contributed by atoms with van der Waals surface area (Å²) in [6.45, 7) is 8.55. The van der Waals surface area contributed by atoms with E-state index < -0.39 is 6.04 Å². The quantitative estimate of drug-likeness (QED) is 0.341. The minimum atomic E-state index is -0.761. The molecule has 1 heterocycles. The molecule has 7 nitrogen and oxygen atoms in total. The maximum absolute atomic E-state index is 13.3. The second-order valence-electron chi connectivity index (χ2n) is 10.4. The Hall–Kier alpha value is -3.59. The highest BCUT2D eigenvalue weighted by Crippen LogP contribution is 2.22. The average molecular weight is 548 g/mol. The van der Waals surface area contributed by atoms with Gasteiger partial charge in [-0.3, -0.25) is 19.4 Å². The SMILES string of the molecule is CC(C)N1CCN(CC(=O)N[C@@H](COCc2ccccc2)C(=O)Cc2ccc(Oc3ccc(F)cc3)cc2)CC1. The summed E-state index contributed by atoms with van der Waals surface area (Å²) in [5.74, 6) is 0.468. The van der Waals surface area contributed by atoms with Crippen LogP contribution in [0.3, 0.4) is 0 Å². The van der Waals surface area contributed by atoms with Crippen LogP contribution in [0.4, 0.5) is 4.39 Å². The zero-order chi connectivity index (χ0) is 28.3. The number of carbonyl (C=O) groups excluding carboxylic acids is 2. The van der Waals surface area contributed by atoms with E-state index in [1.165, 1.54) is 12.1 Å². The lowest BCUT2D eigenvalue weighted by Gasteiger charge is -2.36. The molecule has 1 aliphatic heterocycles. The standard InChI is InChI=1S/C32H38FN3O4/c1-24(2)36-18-16-35(17-19-36)21-32(38)34-30(23-39-22-26-6-4-3-5-7-26)31(37)20-25-8-12-28(13-9-25)40-29-14-10-27(33)11-15-29/h3-15,24,30H,16-23H2,1-2H3,(H,34,38)/t30-/m0/s1. The Labute approximate surface area is 235 Å². The molecule has 0 aromatic heterocycles. The number of hydrogen-bond donors (Lipinski definition) is 1. The highest BCUT2D eigenvalue weighted by atomic mass is 19.1. The van der Waals surface area contributed by atoms with E-state index in [1.54, 1.807) is 24.3 Å². The number of piperazine rings is 1. The number of ketones is 1. The first-order valence-corrected chi connectivity index (χ1v) is 13.8. The number of benzene rings is 3. The van der Waals surface area contributed by atoms with Gasteiger partial charge in [-0.2, -0.15) is 0 Å². The summed E-state index contributed by atoms with van der Waals surface area (Å²) in [4.78, 5) is 30.8. The molecule has 0 radical (unpaired) electrons. The summed E-state index contributed by atoms with van der Waals surface area (Å²) in [6, 6.07) is 22.4. The third-order valence-corrected chi connectivity index (χ3v) is 6.98. The molecule has 1 fully saturated rings. The topological polar surface area (TPSA) is 71.1 Å². The summed E-state index contributed by atoms with van der Waals surface area (Å²) in [6.07, 6.45) is 0.142. The number of rotatable bonds is 13. The molecule has 3 aromatic rings. The van der Waals surface area contributed by atoms with Gasteiger partial charge in [0.15, 0.2) is 5.78 Å². The minimum absolute atomic E-state index is 0.0896. The first-order chi connectivity index (χ1) is 19.4. The van der Waals surface area contributed by atoms with E-state index in [2.05, 4.69) is 29.0 Å². The molecule has 1 N–H and O–H groups in total. The first-order valence-electron chi connectivity index (χ1n) is 13.8. The van der Waals surface area contributed by atoms with Crippen LogP contribution < -0.4 is 10.1 Å². The number of ether oxygens (including phenoxy) is 2. The zero-order valence-electron chi connectivity index (χ0n) is 23.2. The fourth-order valence-electron chi connectivity index (χ4n) is 4.60. The van der Waals surface area contributed by atoms with E-state index in [-0.39, 0.29) is 37.1 Å². The molecule has 40 heavy (non-hydrogen) atoms. The summed E-state index contributed by atoms with van der Waals surface area (Å²) in [5.41, 5.74) is 1.79. The molecule has 4 rings (SSSR count). The second kappa shape index (κ2) is 14.7. The molecule has 1 atom stereocenters. The number of carbonyl (C=O) groups is 2. The Morgan fingerprint density at radius 1 is 0.850 bits per heavy atom. The fourth-order valence-corrected chi connectivity index (χ4v) is 4.60. The van der Waals surface area contributed by atoms with E-state index >= 15 is 0 Å². The highest BCUT2D eigenvalue weighted by Gasteiger charge is 2.25. The van der Waals surface area contributed by atoms with Crippen LogP contribution in [-0.2, 0) is 27.4 Å². The monoisotopic (exact) mass is 547 g/mol. The maximum Gasteiger partial charge on any atom is 0.234 e. The van der Waals surface area contributed by atoms with Crippen molar-refractivity contribution in [3.05, 3.63) is 95.8 Å². The lowest BCUT2D eigenvalue weighted by molar-refractivity contribution is -0.130. The van der Waals surface area contributed by atoms with Crippen LogP contribution in [0, 0.1) is 5.82 Å². The van der Waals surface area contributed by atoms with Gasteiger partial charge in [-0.25, -0.2) is 4.39 Å². The summed E-state index contributed by atoms with van der Waals surface area (Å²) in [5, 5.41) is 2.93. The van der Waals surface area contributed by atoms with Gasteiger partial charge < -0.3 is 14.8 Å². The van der Waals surface area contributed by atoms with Crippen molar-refractivity contribution in [1.82, 2.24) is 15.1 Å². The summed E-state index contributed by atoms with van der Waals surface area (Å²) >= 11 is 0. The van der Waals surface area contributed by atoms with Crippen molar-refractivity contribution in [2.45, 2.75) is 39.0 Å². The predicted octanol–water partition coefficient (Wildman–Crippen LogP) is 4.46. The van der Waals surface area contributed by atoms with E-state index in [0.29, 0.717) is 24.1 Å². The fraction of sp³-hybridized carbons (Fsp3) is 0.375. The van der Waals surface area contributed by atoms with Gasteiger partial charge in [-0.15, -0.1) is 0 Å². The van der Waals surface area contributed by atoms with E-state index in [0.717, 1.165) is 37.3 Å². The molecular formula is C32H38FN3O4. The van der Waals surface area contributed by atoms with Gasteiger partial charge >= 0.3 is 0 Å². The number of nitrogens with zero attached hydrogens (tertiary/aromatic N) is 2. The third kappa shape index (κ3) is 9.26. The molecule has 1 aliphatic rings. The second-order valence-corrected chi connectivity index (χ2v) is 10.4. The molecule has 0 spiro atoms. The van der Waals surface area contributed by atoms with E-state index in [1.807, 2.05) is 42.5 Å². The molecule has 0 aliphatic carbocycles. The van der Waals surface area contributed by atoms with Gasteiger partial charge in [0.25, 0.3) is 0 Å². The Bertz CT molecular complexity index is 1210. The van der Waals surface area contributed by atoms with Crippen molar-refractivity contribution in [2.75, 3.05) is 39.3 Å². The van der Waals surface area contributed by atoms with Crippen LogP contribution in [0.1, 0.15) is 25.0 Å². The lowest BCUT2D eigenvalue weighted by atomic mass is 10.0. The van der Waals surface area contributed by atoms with Crippen LogP contribution >= 0.6 is 0 Å². The maximum atomic E-state index is 13.3. The molecule has 3 aromatic carbocycles. The van der Waals surface area contributed by atoms with Gasteiger partial charge in [0.1, 0.15) is 23.4 Å². The van der Waals surface area contributed by atoms with Crippen molar-refractivity contribution >= 4 is 11.7 Å². The van der Waals surface area contributed by atoms with Gasteiger partial charge in [0.05, 0.1) is 19.8 Å². The molecule has 212 valence electrons. The molecule has 1 saturated heterocycles. The molecule has 0 bridgehead atoms. The summed E-state index contributed by atoms with van der Waals surface area (Å²) < 4.78 is 24.7. The Balaban J connectivity index is 1.33. The van der Waals surface area contributed by atoms with Crippen molar-refractivity contribution in [2.24, 2.45) is 0 Å². The van der Waals surface area contributed by atoms with Crippen LogP contribution in [0.2, 0.25) is 0 Å². The normalized spacial score (nSPS) is 15.1. The van der Waals surface area contributed by atoms with Crippen LogP contribution in [0.25, 0.3) is 0 Å². The van der Waals surface area contributed by atoms with Crippen LogP contribution in [0.5, 0.6) is 11.5 Å². The molecule has 0 unspecified atom stereocenters. The largest absolute Gasteiger partial charge is 0.457 e. The first kappa shape index (κ1) is 29.4. The number of amides is 1. The smallest absolute Gasteiger partial charge is 0.234 e. The molecule has 8 heteroatoms. The molecular weight excluding hydrogens is 509 g/mol. The Morgan fingerprint density at radius 2 is 1.48 bits per heavy atom. The third-order valence-electron chi connectivity index (χ3n) is 6.98. The predicted molar refractivity (Wildman–Crippen MR) is 153 cm³/mol. The number of Topliss-reactive ketones (excluding diaryl/α,β-unsaturated/α-hetero) is 1. The lowest BCUT2D eigenvalue weighted by Crippen LogP contribution is -2.53. The van der Waals surface area contributed by atoms with Crippen molar-refractivity contribution in [3.63, 3.8) is 0 Å². The Kier molecular flexibility index (Phi) is 10.8. The minimum Gasteiger partial charge on any atom is -0.457 e. The molecule has 1 amide bonds. The van der Waals surface area contributed by atoms with Crippen molar-refractivity contribution in [3.8, 4) is 11.5 Å². The van der Waals surface area contributed by atoms with E-state index in [4.69, 9.17) is 9.47 Å². The Morgan fingerprint density at radius 3 is 2.10 bits per heavy atom. The number of halogens is 1. The van der Waals surface area contributed by atoms with Crippen molar-refractivity contribution < 1.29 is 23.5 Å². The number of hydrogen-bond acceptors (Lipinski definition) is 6. The highest BCUT2D eigenvalue weighted by molar-refractivity contribution is 5.91. The van der Waals surface area contributed by atoms with Crippen molar-refractivity contribution in [1.29, 1.82) is 0 Å². The van der Waals surface area contributed by atoms with Gasteiger partial charge in [-0.1, -0.05) is 42.5 Å². The summed E-state index contributed by atoms with van der Waals surface area (Å²) in [7, 11) is 0. The average Bonchev–Trinajstić information content (AvgIpc) is 2.95. The number of nitrogens with one attached hydrogen (secondary N) is 1. The van der Waals surface area contributed by atoms with E-state index in [9.17, 15) is 14.0 Å². The van der Waals surface area contributed by atoms with Gasteiger partial charge in [0, 0.05) is 38.6 Å². The van der Waals surface area contributed by atoms with Crippen LogP contribution in [0.15, 0.2) is 78.9 Å². The molecule has 0 saturated carbocycles.